The topological polar surface area (TPSA) is 63.3 Å². The zero-order valence-corrected chi connectivity index (χ0v) is 11.1. The quantitative estimate of drug-likeness (QED) is 0.539. The van der Waals surface area contributed by atoms with Gasteiger partial charge in [-0.25, -0.2) is 0 Å². The van der Waals surface area contributed by atoms with Gasteiger partial charge in [0.05, 0.1) is 10.9 Å². The highest BCUT2D eigenvalue weighted by Crippen LogP contribution is 2.44. The Hall–Kier alpha value is -2.14. The maximum atomic E-state index is 12.5. The van der Waals surface area contributed by atoms with Crippen molar-refractivity contribution in [3.05, 3.63) is 45.9 Å². The number of halogens is 1. The highest BCUT2D eigenvalue weighted by molar-refractivity contribution is 9.10. The Morgan fingerprint density at radius 2 is 1.95 bits per heavy atom. The molecule has 3 aromatic rings. The van der Waals surface area contributed by atoms with Gasteiger partial charge in [-0.3, -0.25) is 4.79 Å². The van der Waals surface area contributed by atoms with Crippen LogP contribution in [-0.4, -0.2) is 16.0 Å². The maximum absolute atomic E-state index is 12.5. The highest BCUT2D eigenvalue weighted by atomic mass is 79.9. The van der Waals surface area contributed by atoms with Crippen LogP contribution in [0.15, 0.2) is 39.3 Å². The zero-order valence-electron chi connectivity index (χ0n) is 9.48. The molecule has 0 amide bonds. The number of hydrogen-bond donors (Lipinski definition) is 1. The van der Waals surface area contributed by atoms with Crippen LogP contribution in [0.4, 0.5) is 0 Å². The van der Waals surface area contributed by atoms with Crippen LogP contribution in [0.3, 0.4) is 0 Å². The minimum Gasteiger partial charge on any atom is -0.505 e. The predicted octanol–water partition coefficient (Wildman–Crippen LogP) is 3.51. The van der Waals surface area contributed by atoms with Crippen LogP contribution in [0.5, 0.6) is 5.75 Å². The Morgan fingerprint density at radius 1 is 1.21 bits per heavy atom. The average molecular weight is 316 g/mol. The van der Waals surface area contributed by atoms with Gasteiger partial charge >= 0.3 is 0 Å². The summed E-state index contributed by atoms with van der Waals surface area (Å²) in [5, 5.41) is 14.3. The molecule has 92 valence electrons. The Kier molecular flexibility index (Phi) is 1.95. The molecule has 0 aliphatic heterocycles. The van der Waals surface area contributed by atoms with Crippen molar-refractivity contribution in [3.63, 3.8) is 0 Å². The van der Waals surface area contributed by atoms with Gasteiger partial charge in [-0.15, -0.1) is 0 Å². The molecule has 19 heavy (non-hydrogen) atoms. The van der Waals surface area contributed by atoms with Gasteiger partial charge in [-0.2, -0.15) is 0 Å². The molecule has 0 atom stereocenters. The molecule has 4 rings (SSSR count). The van der Waals surface area contributed by atoms with E-state index in [1.807, 2.05) is 18.2 Å². The van der Waals surface area contributed by atoms with Crippen molar-refractivity contribution in [1.29, 1.82) is 0 Å². The number of fused-ring (bicyclic) bond motifs is 2. The molecule has 1 aliphatic rings. The van der Waals surface area contributed by atoms with Gasteiger partial charge in [0.1, 0.15) is 5.75 Å². The Labute approximate surface area is 115 Å². The first-order valence-corrected chi connectivity index (χ1v) is 6.42. The summed E-state index contributed by atoms with van der Waals surface area (Å²) >= 11 is 3.32. The van der Waals surface area contributed by atoms with Crippen LogP contribution >= 0.6 is 15.9 Å². The van der Waals surface area contributed by atoms with Crippen molar-refractivity contribution in [2.75, 3.05) is 0 Å². The van der Waals surface area contributed by atoms with Crippen LogP contribution in [0.1, 0.15) is 15.9 Å². The molecule has 4 nitrogen and oxygen atoms in total. The monoisotopic (exact) mass is 315 g/mol. The van der Waals surface area contributed by atoms with Crippen molar-refractivity contribution in [1.82, 2.24) is 5.16 Å². The van der Waals surface area contributed by atoms with E-state index in [9.17, 15) is 9.90 Å². The first-order valence-electron chi connectivity index (χ1n) is 5.63. The summed E-state index contributed by atoms with van der Waals surface area (Å²) < 4.78 is 5.87. The standard InChI is InChI=1S/C14H6BrNO3/c15-8-5-9(17)12-11-10(8)13(18)6-3-1-2-4-7(6)14(11)19-16-12/h1-5,17H. The number of nitrogens with zero attached hydrogens (tertiary/aromatic N) is 1. The SMILES string of the molecule is O=C1c2ccccc2-c2onc3c(O)cc(Br)c1c23. The minimum atomic E-state index is -0.0943. The molecule has 2 aromatic carbocycles. The number of aromatic hydroxyl groups is 1. The van der Waals surface area contributed by atoms with Crippen LogP contribution in [0, 0.1) is 0 Å². The molecule has 0 radical (unpaired) electrons. The summed E-state index contributed by atoms with van der Waals surface area (Å²) in [5.41, 5.74) is 2.10. The number of hydrogen-bond acceptors (Lipinski definition) is 4. The van der Waals surface area contributed by atoms with Gasteiger partial charge in [0.2, 0.25) is 0 Å². The number of benzene rings is 2. The minimum absolute atomic E-state index is 0.00666. The number of rotatable bonds is 0. The molecule has 0 spiro atoms. The van der Waals surface area contributed by atoms with Gasteiger partial charge in [0.15, 0.2) is 17.1 Å². The summed E-state index contributed by atoms with van der Waals surface area (Å²) in [6, 6.07) is 8.69. The summed E-state index contributed by atoms with van der Waals surface area (Å²) in [6.07, 6.45) is 0. The van der Waals surface area contributed by atoms with E-state index in [0.717, 1.165) is 0 Å². The van der Waals surface area contributed by atoms with E-state index in [1.165, 1.54) is 6.07 Å². The molecule has 1 aromatic heterocycles. The smallest absolute Gasteiger partial charge is 0.195 e. The van der Waals surface area contributed by atoms with E-state index in [4.69, 9.17) is 4.52 Å². The fraction of sp³-hybridized carbons (Fsp3) is 0. The molecule has 1 heterocycles. The first kappa shape index (κ1) is 10.8. The lowest BCUT2D eigenvalue weighted by Gasteiger charge is -2.14. The van der Waals surface area contributed by atoms with Crippen molar-refractivity contribution in [2.45, 2.75) is 0 Å². The van der Waals surface area contributed by atoms with E-state index < -0.39 is 0 Å². The summed E-state index contributed by atoms with van der Waals surface area (Å²) in [6.45, 7) is 0. The van der Waals surface area contributed by atoms with E-state index >= 15 is 0 Å². The third kappa shape index (κ3) is 1.23. The second-order valence-electron chi connectivity index (χ2n) is 4.36. The van der Waals surface area contributed by atoms with Gasteiger partial charge in [-0.05, 0) is 22.0 Å². The maximum Gasteiger partial charge on any atom is 0.195 e. The Morgan fingerprint density at radius 3 is 2.74 bits per heavy atom. The van der Waals surface area contributed by atoms with Crippen molar-refractivity contribution in [2.24, 2.45) is 0 Å². The molecule has 0 saturated carbocycles. The number of ketones is 1. The average Bonchev–Trinajstić information content (AvgIpc) is 2.83. The number of phenols is 1. The summed E-state index contributed by atoms with van der Waals surface area (Å²) in [5.74, 6) is 0.424. The number of carbonyl (C=O) groups is 1. The normalized spacial score (nSPS) is 12.8. The fourth-order valence-corrected chi connectivity index (χ4v) is 3.09. The summed E-state index contributed by atoms with van der Waals surface area (Å²) in [7, 11) is 0. The van der Waals surface area contributed by atoms with E-state index in [0.29, 0.717) is 37.8 Å². The predicted molar refractivity (Wildman–Crippen MR) is 72.2 cm³/mol. The van der Waals surface area contributed by atoms with E-state index in [-0.39, 0.29) is 11.5 Å². The molecule has 1 N–H and O–H groups in total. The molecule has 5 heteroatoms. The molecule has 1 aliphatic carbocycles. The van der Waals surface area contributed by atoms with Crippen molar-refractivity contribution < 1.29 is 14.4 Å². The second kappa shape index (κ2) is 3.45. The molecular weight excluding hydrogens is 310 g/mol. The second-order valence-corrected chi connectivity index (χ2v) is 5.22. The van der Waals surface area contributed by atoms with E-state index in [2.05, 4.69) is 21.1 Å². The zero-order chi connectivity index (χ0) is 13.1. The van der Waals surface area contributed by atoms with Crippen LogP contribution in [0.25, 0.3) is 22.2 Å². The van der Waals surface area contributed by atoms with Gasteiger partial charge < -0.3 is 9.63 Å². The van der Waals surface area contributed by atoms with Gasteiger partial charge in [0, 0.05) is 15.6 Å². The third-order valence-corrected chi connectivity index (χ3v) is 3.96. The van der Waals surface area contributed by atoms with Crippen molar-refractivity contribution >= 4 is 32.6 Å². The number of aromatic nitrogens is 1. The fourth-order valence-electron chi connectivity index (χ4n) is 2.50. The van der Waals surface area contributed by atoms with Gasteiger partial charge in [-0.1, -0.05) is 29.4 Å². The largest absolute Gasteiger partial charge is 0.505 e. The molecule has 0 fully saturated rings. The van der Waals surface area contributed by atoms with E-state index in [1.54, 1.807) is 6.07 Å². The van der Waals surface area contributed by atoms with Crippen LogP contribution in [-0.2, 0) is 0 Å². The van der Waals surface area contributed by atoms with Crippen molar-refractivity contribution in [3.8, 4) is 17.1 Å². The Balaban J connectivity index is 2.28. The number of carbonyl (C=O) groups excluding carboxylic acids is 1. The first-order chi connectivity index (χ1) is 9.18. The lowest BCUT2D eigenvalue weighted by molar-refractivity contribution is 0.103. The molecule has 0 saturated heterocycles. The van der Waals surface area contributed by atoms with Crippen LogP contribution in [0.2, 0.25) is 0 Å². The molecule has 0 unspecified atom stereocenters. The molecule has 0 bridgehead atoms. The Bertz CT molecular complexity index is 866. The van der Waals surface area contributed by atoms with Crippen LogP contribution < -0.4 is 0 Å². The molecular formula is C14H6BrNO3. The lowest BCUT2D eigenvalue weighted by atomic mass is 9.88. The van der Waals surface area contributed by atoms with Gasteiger partial charge in [0.25, 0.3) is 0 Å². The third-order valence-electron chi connectivity index (χ3n) is 3.33. The summed E-state index contributed by atoms with van der Waals surface area (Å²) in [4.78, 5) is 12.5. The highest BCUT2D eigenvalue weighted by Gasteiger charge is 2.31. The lowest BCUT2D eigenvalue weighted by Crippen LogP contribution is -2.09. The number of phenolic OH excluding ortho intramolecular Hbond substituents is 1.